The summed E-state index contributed by atoms with van der Waals surface area (Å²) in [5.41, 5.74) is 4.51. The molecule has 0 fully saturated rings. The fourth-order valence-electron chi connectivity index (χ4n) is 2.95. The van der Waals surface area contributed by atoms with Crippen molar-refractivity contribution < 1.29 is 15.0 Å². The molecule has 3 aromatic rings. The molecule has 0 bridgehead atoms. The van der Waals surface area contributed by atoms with Crippen LogP contribution in [-0.2, 0) is 11.2 Å². The van der Waals surface area contributed by atoms with Crippen LogP contribution in [0.5, 0.6) is 11.5 Å². The van der Waals surface area contributed by atoms with Gasteiger partial charge in [0, 0.05) is 29.1 Å². The zero-order valence-corrected chi connectivity index (χ0v) is 13.9. The second-order valence-corrected chi connectivity index (χ2v) is 6.12. The van der Waals surface area contributed by atoms with E-state index in [2.05, 4.69) is 20.6 Å². The largest absolute Gasteiger partial charge is 0.504 e. The summed E-state index contributed by atoms with van der Waals surface area (Å²) in [5, 5.41) is 25.0. The van der Waals surface area contributed by atoms with E-state index in [1.807, 2.05) is 25.1 Å². The summed E-state index contributed by atoms with van der Waals surface area (Å²) in [6.45, 7) is 1.93. The second kappa shape index (κ2) is 6.03. The second-order valence-electron chi connectivity index (χ2n) is 6.12. The van der Waals surface area contributed by atoms with E-state index in [-0.39, 0.29) is 23.8 Å². The summed E-state index contributed by atoms with van der Waals surface area (Å²) >= 11 is 0. The number of hydrogen-bond acceptors (Lipinski definition) is 6. The molecule has 0 saturated heterocycles. The normalized spacial score (nSPS) is 12.6. The quantitative estimate of drug-likeness (QED) is 0.419. The molecule has 4 rings (SSSR count). The van der Waals surface area contributed by atoms with Crippen LogP contribution in [0.4, 0.5) is 17.3 Å². The number of aromatic nitrogens is 2. The van der Waals surface area contributed by atoms with Gasteiger partial charge in [-0.3, -0.25) is 4.79 Å². The fraction of sp³-hybridized carbons (Fsp3) is 0.105. The molecule has 0 radical (unpaired) electrons. The van der Waals surface area contributed by atoms with Crippen LogP contribution in [0, 0.1) is 6.92 Å². The first-order valence-electron chi connectivity index (χ1n) is 8.06. The van der Waals surface area contributed by atoms with Gasteiger partial charge in [0.05, 0.1) is 17.8 Å². The van der Waals surface area contributed by atoms with Gasteiger partial charge in [-0.15, -0.1) is 0 Å². The Bertz CT molecular complexity index is 1030. The molecule has 1 aromatic heterocycles. The first-order chi connectivity index (χ1) is 12.5. The molecule has 0 atom stereocenters. The van der Waals surface area contributed by atoms with Gasteiger partial charge in [-0.1, -0.05) is 18.2 Å². The number of phenolic OH excluding ortho intramolecular Hbond substituents is 2. The van der Waals surface area contributed by atoms with Crippen LogP contribution in [0.3, 0.4) is 0 Å². The van der Waals surface area contributed by atoms with Gasteiger partial charge in [0.2, 0.25) is 11.9 Å². The molecular weight excluding hydrogens is 332 g/mol. The summed E-state index contributed by atoms with van der Waals surface area (Å²) in [4.78, 5) is 21.0. The van der Waals surface area contributed by atoms with Crippen molar-refractivity contribution in [2.75, 3.05) is 10.6 Å². The summed E-state index contributed by atoms with van der Waals surface area (Å²) < 4.78 is 0. The number of amides is 1. The van der Waals surface area contributed by atoms with Crippen LogP contribution in [0.2, 0.25) is 0 Å². The highest BCUT2D eigenvalue weighted by Gasteiger charge is 2.22. The minimum absolute atomic E-state index is 0.105. The van der Waals surface area contributed by atoms with Crippen LogP contribution in [0.15, 0.2) is 42.6 Å². The predicted octanol–water partition coefficient (Wildman–Crippen LogP) is 3.10. The topological polar surface area (TPSA) is 107 Å². The van der Waals surface area contributed by atoms with Crippen LogP contribution in [0.1, 0.15) is 11.1 Å². The Hall–Kier alpha value is -3.61. The van der Waals surface area contributed by atoms with Crippen molar-refractivity contribution in [1.29, 1.82) is 0 Å². The van der Waals surface area contributed by atoms with Gasteiger partial charge in [0.15, 0.2) is 11.5 Å². The molecule has 26 heavy (non-hydrogen) atoms. The van der Waals surface area contributed by atoms with Crippen LogP contribution >= 0.6 is 0 Å². The number of carbonyl (C=O) groups is 1. The molecule has 1 amide bonds. The van der Waals surface area contributed by atoms with Gasteiger partial charge in [-0.2, -0.15) is 0 Å². The average Bonchev–Trinajstić information content (AvgIpc) is 2.75. The molecular formula is C19H16N4O3. The number of para-hydroxylation sites is 1. The van der Waals surface area contributed by atoms with Gasteiger partial charge in [0.1, 0.15) is 0 Å². The van der Waals surface area contributed by atoms with Crippen molar-refractivity contribution in [3.05, 3.63) is 53.7 Å². The summed E-state index contributed by atoms with van der Waals surface area (Å²) in [5.74, 6) is -0.212. The maximum atomic E-state index is 12.2. The Morgan fingerprint density at radius 3 is 2.81 bits per heavy atom. The lowest BCUT2D eigenvalue weighted by molar-refractivity contribution is -0.115. The molecule has 2 aromatic carbocycles. The van der Waals surface area contributed by atoms with Gasteiger partial charge in [-0.25, -0.2) is 9.97 Å². The van der Waals surface area contributed by atoms with E-state index in [9.17, 15) is 15.0 Å². The number of carbonyl (C=O) groups excluding carboxylic acids is 1. The zero-order valence-electron chi connectivity index (χ0n) is 13.9. The molecule has 0 unspecified atom stereocenters. The highest BCUT2D eigenvalue weighted by Crippen LogP contribution is 2.35. The first kappa shape index (κ1) is 15.9. The lowest BCUT2D eigenvalue weighted by Gasteiger charge is -2.12. The molecule has 4 N–H and O–H groups in total. The Morgan fingerprint density at radius 1 is 1.15 bits per heavy atom. The molecule has 7 nitrogen and oxygen atoms in total. The number of nitrogens with zero attached hydrogens (tertiary/aromatic N) is 2. The number of benzene rings is 2. The standard InChI is InChI=1S/C19H16N4O3/c1-10-3-2-4-13-17(10)22-16(26)7-11-9-20-19(23-18(11)13)21-12-5-6-14(24)15(25)8-12/h2-6,8-9,24-25H,7H2,1H3,(H,22,26)(H,20,21,23). The van der Waals surface area contributed by atoms with Crippen LogP contribution in [-0.4, -0.2) is 26.1 Å². The van der Waals surface area contributed by atoms with Gasteiger partial charge >= 0.3 is 0 Å². The van der Waals surface area contributed by atoms with Crippen LogP contribution < -0.4 is 10.6 Å². The minimum atomic E-state index is -0.236. The lowest BCUT2D eigenvalue weighted by atomic mass is 10.0. The van der Waals surface area contributed by atoms with Gasteiger partial charge < -0.3 is 20.8 Å². The van der Waals surface area contributed by atoms with Crippen molar-refractivity contribution in [3.8, 4) is 22.8 Å². The predicted molar refractivity (Wildman–Crippen MR) is 97.6 cm³/mol. The number of nitrogens with one attached hydrogen (secondary N) is 2. The minimum Gasteiger partial charge on any atom is -0.504 e. The molecule has 1 aliphatic heterocycles. The Labute approximate surface area is 149 Å². The van der Waals surface area contributed by atoms with Gasteiger partial charge in [0.25, 0.3) is 0 Å². The van der Waals surface area contributed by atoms with E-state index in [1.54, 1.807) is 12.3 Å². The van der Waals surface area contributed by atoms with E-state index >= 15 is 0 Å². The third-order valence-corrected chi connectivity index (χ3v) is 4.24. The molecule has 2 heterocycles. The highest BCUT2D eigenvalue weighted by molar-refractivity contribution is 6.00. The number of rotatable bonds is 2. The maximum Gasteiger partial charge on any atom is 0.228 e. The number of aromatic hydroxyl groups is 2. The summed E-state index contributed by atoms with van der Waals surface area (Å²) in [6.07, 6.45) is 1.83. The van der Waals surface area contributed by atoms with E-state index in [0.717, 1.165) is 22.4 Å². The van der Waals surface area contributed by atoms with Crippen LogP contribution in [0.25, 0.3) is 11.3 Å². The fourth-order valence-corrected chi connectivity index (χ4v) is 2.95. The smallest absolute Gasteiger partial charge is 0.228 e. The van der Waals surface area contributed by atoms with E-state index in [1.165, 1.54) is 12.1 Å². The third kappa shape index (κ3) is 2.79. The molecule has 0 saturated carbocycles. The van der Waals surface area contributed by atoms with Gasteiger partial charge in [-0.05, 0) is 24.6 Å². The Morgan fingerprint density at radius 2 is 2.00 bits per heavy atom. The number of aryl methyl sites for hydroxylation is 1. The van der Waals surface area contributed by atoms with E-state index < -0.39 is 0 Å². The van der Waals surface area contributed by atoms with E-state index in [4.69, 9.17) is 0 Å². The average molecular weight is 348 g/mol. The number of hydrogen-bond donors (Lipinski definition) is 4. The third-order valence-electron chi connectivity index (χ3n) is 4.24. The molecule has 0 aliphatic carbocycles. The van der Waals surface area contributed by atoms with Crippen molar-refractivity contribution in [2.24, 2.45) is 0 Å². The number of fused-ring (bicyclic) bond motifs is 3. The van der Waals surface area contributed by atoms with Crippen molar-refractivity contribution >= 4 is 23.2 Å². The van der Waals surface area contributed by atoms with Crippen molar-refractivity contribution in [3.63, 3.8) is 0 Å². The zero-order chi connectivity index (χ0) is 18.3. The van der Waals surface area contributed by atoms with E-state index in [0.29, 0.717) is 17.3 Å². The molecule has 130 valence electrons. The summed E-state index contributed by atoms with van der Waals surface area (Å²) in [7, 11) is 0. The van der Waals surface area contributed by atoms with Crippen molar-refractivity contribution in [1.82, 2.24) is 9.97 Å². The number of anilines is 3. The number of phenols is 2. The molecule has 0 spiro atoms. The molecule has 1 aliphatic rings. The Kier molecular flexibility index (Phi) is 3.69. The van der Waals surface area contributed by atoms with Crippen molar-refractivity contribution in [2.45, 2.75) is 13.3 Å². The first-order valence-corrected chi connectivity index (χ1v) is 8.06. The monoisotopic (exact) mass is 348 g/mol. The summed E-state index contributed by atoms with van der Waals surface area (Å²) in [6, 6.07) is 10.1. The molecule has 7 heteroatoms. The lowest BCUT2D eigenvalue weighted by Crippen LogP contribution is -2.13. The Balaban J connectivity index is 1.78. The highest BCUT2D eigenvalue weighted by atomic mass is 16.3. The maximum absolute atomic E-state index is 12.2. The SMILES string of the molecule is Cc1cccc2c1NC(=O)Cc1cnc(Nc3ccc(O)c(O)c3)nc1-2.